The van der Waals surface area contributed by atoms with Gasteiger partial charge in [0.05, 0.1) is 0 Å². The van der Waals surface area contributed by atoms with Crippen molar-refractivity contribution in [1.82, 2.24) is 9.78 Å². The summed E-state index contributed by atoms with van der Waals surface area (Å²) in [6.45, 7) is 2.08. The number of hydrogen-bond acceptors (Lipinski definition) is 2. The zero-order valence-electron chi connectivity index (χ0n) is 10.7. The first-order valence-electron chi connectivity index (χ1n) is 6.07. The maximum atomic E-state index is 6.27. The van der Waals surface area contributed by atoms with E-state index in [1.54, 1.807) is 0 Å². The lowest BCUT2D eigenvalue weighted by Crippen LogP contribution is -2.13. The highest BCUT2D eigenvalue weighted by Gasteiger charge is 2.12. The van der Waals surface area contributed by atoms with Gasteiger partial charge in [-0.15, -0.1) is 0 Å². The van der Waals surface area contributed by atoms with Gasteiger partial charge in [0.25, 0.3) is 0 Å². The summed E-state index contributed by atoms with van der Waals surface area (Å²) < 4.78 is 3.03. The van der Waals surface area contributed by atoms with Gasteiger partial charge in [0, 0.05) is 29.5 Å². The fourth-order valence-corrected chi connectivity index (χ4v) is 2.62. The minimum atomic E-state index is 0.0502. The number of nitrogens with two attached hydrogens (primary N) is 1. The quantitative estimate of drug-likeness (QED) is 0.943. The molecule has 0 saturated carbocycles. The van der Waals surface area contributed by atoms with E-state index in [-0.39, 0.29) is 6.04 Å². The molecule has 2 rings (SSSR count). The lowest BCUT2D eigenvalue weighted by atomic mass is 10.0. The van der Waals surface area contributed by atoms with E-state index in [1.165, 1.54) is 16.8 Å². The maximum absolute atomic E-state index is 6.27. The molecule has 1 aromatic heterocycles. The van der Waals surface area contributed by atoms with E-state index in [0.717, 1.165) is 17.3 Å². The van der Waals surface area contributed by atoms with Crippen LogP contribution in [-0.2, 0) is 13.5 Å². The molecule has 0 saturated heterocycles. The van der Waals surface area contributed by atoms with Gasteiger partial charge in [-0.1, -0.05) is 34.1 Å². The standard InChI is InChI=1S/C14H18BrN3/c1-10-4-3-5-12(14(10)15)13(16)7-6-11-8-9-17-18(11)2/h3-5,8-9,13H,6-7,16H2,1-2H3. The number of benzene rings is 1. The first-order chi connectivity index (χ1) is 8.59. The summed E-state index contributed by atoms with van der Waals surface area (Å²) in [4.78, 5) is 0. The van der Waals surface area contributed by atoms with E-state index in [0.29, 0.717) is 0 Å². The number of aromatic nitrogens is 2. The second-order valence-electron chi connectivity index (χ2n) is 4.57. The Hall–Kier alpha value is -1.13. The predicted octanol–water partition coefficient (Wildman–Crippen LogP) is 3.12. The molecule has 3 nitrogen and oxygen atoms in total. The summed E-state index contributed by atoms with van der Waals surface area (Å²) in [5, 5.41) is 4.17. The van der Waals surface area contributed by atoms with Crippen LogP contribution in [0.2, 0.25) is 0 Å². The molecule has 0 aliphatic heterocycles. The molecule has 1 heterocycles. The fourth-order valence-electron chi connectivity index (χ4n) is 2.06. The molecular weight excluding hydrogens is 290 g/mol. The zero-order valence-corrected chi connectivity index (χ0v) is 12.3. The monoisotopic (exact) mass is 307 g/mol. The largest absolute Gasteiger partial charge is 0.324 e. The molecule has 0 aliphatic carbocycles. The van der Waals surface area contributed by atoms with E-state index in [9.17, 15) is 0 Å². The molecule has 0 aliphatic rings. The van der Waals surface area contributed by atoms with Gasteiger partial charge in [0.15, 0.2) is 0 Å². The molecule has 1 atom stereocenters. The van der Waals surface area contributed by atoms with Gasteiger partial charge in [0.1, 0.15) is 0 Å². The zero-order chi connectivity index (χ0) is 13.1. The van der Waals surface area contributed by atoms with Crippen molar-refractivity contribution in [2.24, 2.45) is 12.8 Å². The number of rotatable bonds is 4. The highest BCUT2D eigenvalue weighted by molar-refractivity contribution is 9.10. The summed E-state index contributed by atoms with van der Waals surface area (Å²) in [6, 6.07) is 8.32. The van der Waals surface area contributed by atoms with E-state index in [1.807, 2.05) is 24.0 Å². The minimum Gasteiger partial charge on any atom is -0.324 e. The minimum absolute atomic E-state index is 0.0502. The van der Waals surface area contributed by atoms with Crippen LogP contribution in [-0.4, -0.2) is 9.78 Å². The van der Waals surface area contributed by atoms with Crippen molar-refractivity contribution in [2.45, 2.75) is 25.8 Å². The molecule has 1 aromatic carbocycles. The molecule has 0 amide bonds. The number of hydrogen-bond donors (Lipinski definition) is 1. The van der Waals surface area contributed by atoms with E-state index in [4.69, 9.17) is 5.73 Å². The van der Waals surface area contributed by atoms with Crippen LogP contribution in [0.5, 0.6) is 0 Å². The highest BCUT2D eigenvalue weighted by atomic mass is 79.9. The Labute approximate surface area is 116 Å². The Morgan fingerprint density at radius 2 is 2.17 bits per heavy atom. The molecule has 0 radical (unpaired) electrons. The van der Waals surface area contributed by atoms with Crippen LogP contribution in [0.15, 0.2) is 34.9 Å². The van der Waals surface area contributed by atoms with Crippen LogP contribution in [0.4, 0.5) is 0 Å². The summed E-state index contributed by atoms with van der Waals surface area (Å²) in [5.74, 6) is 0. The van der Waals surface area contributed by atoms with Crippen LogP contribution in [0, 0.1) is 6.92 Å². The van der Waals surface area contributed by atoms with Gasteiger partial charge >= 0.3 is 0 Å². The van der Waals surface area contributed by atoms with Crippen molar-refractivity contribution in [1.29, 1.82) is 0 Å². The Morgan fingerprint density at radius 1 is 1.39 bits per heavy atom. The summed E-state index contributed by atoms with van der Waals surface area (Å²) in [5.41, 5.74) is 9.89. The topological polar surface area (TPSA) is 43.8 Å². The lowest BCUT2D eigenvalue weighted by molar-refractivity contribution is 0.612. The van der Waals surface area contributed by atoms with Crippen molar-refractivity contribution in [2.75, 3.05) is 0 Å². The molecular formula is C14H18BrN3. The van der Waals surface area contributed by atoms with Crippen LogP contribution in [0.25, 0.3) is 0 Å². The average molecular weight is 308 g/mol. The SMILES string of the molecule is Cc1cccc(C(N)CCc2ccnn2C)c1Br. The van der Waals surface area contributed by atoms with Gasteiger partial charge in [-0.05, 0) is 37.0 Å². The van der Waals surface area contributed by atoms with Crippen molar-refractivity contribution in [3.63, 3.8) is 0 Å². The van der Waals surface area contributed by atoms with Gasteiger partial charge < -0.3 is 5.73 Å². The van der Waals surface area contributed by atoms with Crippen LogP contribution >= 0.6 is 15.9 Å². The Bertz CT molecular complexity index is 534. The second-order valence-corrected chi connectivity index (χ2v) is 5.36. The van der Waals surface area contributed by atoms with Gasteiger partial charge in [0.2, 0.25) is 0 Å². The molecule has 1 unspecified atom stereocenters. The maximum Gasteiger partial charge on any atom is 0.0492 e. The first kappa shape index (κ1) is 13.3. The molecule has 4 heteroatoms. The third-order valence-electron chi connectivity index (χ3n) is 3.26. The fraction of sp³-hybridized carbons (Fsp3) is 0.357. The molecule has 96 valence electrons. The first-order valence-corrected chi connectivity index (χ1v) is 6.86. The number of nitrogens with zero attached hydrogens (tertiary/aromatic N) is 2. The molecule has 18 heavy (non-hydrogen) atoms. The second kappa shape index (κ2) is 5.67. The van der Waals surface area contributed by atoms with Crippen molar-refractivity contribution in [3.05, 3.63) is 51.8 Å². The predicted molar refractivity (Wildman–Crippen MR) is 77.3 cm³/mol. The Kier molecular flexibility index (Phi) is 4.19. The van der Waals surface area contributed by atoms with Gasteiger partial charge in [-0.3, -0.25) is 4.68 Å². The normalized spacial score (nSPS) is 12.7. The van der Waals surface area contributed by atoms with Crippen LogP contribution in [0.1, 0.15) is 29.3 Å². The third kappa shape index (κ3) is 2.82. The average Bonchev–Trinajstić information content (AvgIpc) is 2.75. The van der Waals surface area contributed by atoms with E-state index >= 15 is 0 Å². The summed E-state index contributed by atoms with van der Waals surface area (Å²) in [7, 11) is 1.96. The highest BCUT2D eigenvalue weighted by Crippen LogP contribution is 2.27. The summed E-state index contributed by atoms with van der Waals surface area (Å²) in [6.07, 6.45) is 3.68. The molecule has 0 fully saturated rings. The molecule has 2 N–H and O–H groups in total. The van der Waals surface area contributed by atoms with Gasteiger partial charge in [-0.2, -0.15) is 5.10 Å². The van der Waals surface area contributed by atoms with Crippen LogP contribution in [0.3, 0.4) is 0 Å². The third-order valence-corrected chi connectivity index (χ3v) is 4.34. The van der Waals surface area contributed by atoms with Crippen molar-refractivity contribution < 1.29 is 0 Å². The molecule has 0 bridgehead atoms. The number of halogens is 1. The van der Waals surface area contributed by atoms with Crippen molar-refractivity contribution in [3.8, 4) is 0 Å². The Morgan fingerprint density at radius 3 is 2.83 bits per heavy atom. The lowest BCUT2D eigenvalue weighted by Gasteiger charge is -2.15. The summed E-state index contributed by atoms with van der Waals surface area (Å²) >= 11 is 3.62. The van der Waals surface area contributed by atoms with Gasteiger partial charge in [-0.25, -0.2) is 0 Å². The van der Waals surface area contributed by atoms with E-state index in [2.05, 4.69) is 46.2 Å². The molecule has 2 aromatic rings. The smallest absolute Gasteiger partial charge is 0.0492 e. The van der Waals surface area contributed by atoms with Crippen LogP contribution < -0.4 is 5.73 Å². The molecule has 0 spiro atoms. The Balaban J connectivity index is 2.06. The number of aryl methyl sites for hydroxylation is 3. The van der Waals surface area contributed by atoms with E-state index < -0.39 is 0 Å². The van der Waals surface area contributed by atoms with Crippen molar-refractivity contribution >= 4 is 15.9 Å².